The molecule has 2 fully saturated rings. The summed E-state index contributed by atoms with van der Waals surface area (Å²) in [5, 5.41) is 9.70. The Morgan fingerprint density at radius 1 is 1.23 bits per heavy atom. The number of aliphatic imine (C=N–C) groups is 1. The number of halogens is 1. The first kappa shape index (κ1) is 23.2. The molecule has 3 aliphatic rings. The van der Waals surface area contributed by atoms with E-state index in [1.165, 1.54) is 4.90 Å². The number of aromatic nitrogens is 1. The number of carbonyl (C=O) groups excluding carboxylic acids is 2. The Bertz CT molecular complexity index is 809. The van der Waals surface area contributed by atoms with Crippen molar-refractivity contribution in [2.24, 2.45) is 28.7 Å². The van der Waals surface area contributed by atoms with Gasteiger partial charge in [-0.15, -0.1) is 35.3 Å². The lowest BCUT2D eigenvalue weighted by molar-refractivity contribution is -0.140. The summed E-state index contributed by atoms with van der Waals surface area (Å²) in [6.07, 6.45) is 7.09. The molecule has 1 saturated carbocycles. The van der Waals surface area contributed by atoms with E-state index in [1.807, 2.05) is 13.8 Å². The maximum atomic E-state index is 12.7. The Labute approximate surface area is 198 Å². The average molecular weight is 543 g/mol. The normalized spacial score (nSPS) is 26.9. The molecule has 2 bridgehead atoms. The second kappa shape index (κ2) is 10.2. The number of amides is 2. The molecule has 2 heterocycles. The number of aryl methyl sites for hydroxylation is 2. The van der Waals surface area contributed by atoms with Crippen molar-refractivity contribution in [3.63, 3.8) is 0 Å². The highest BCUT2D eigenvalue weighted by Crippen LogP contribution is 2.52. The first-order valence-electron chi connectivity index (χ1n) is 10.5. The molecule has 4 rings (SSSR count). The Hall–Kier alpha value is -1.49. The van der Waals surface area contributed by atoms with Crippen LogP contribution < -0.4 is 10.6 Å². The summed E-state index contributed by atoms with van der Waals surface area (Å²) in [4.78, 5) is 36.0. The Kier molecular flexibility index (Phi) is 7.89. The molecule has 1 aromatic rings. The van der Waals surface area contributed by atoms with Gasteiger partial charge in [-0.25, -0.2) is 4.98 Å². The van der Waals surface area contributed by atoms with Gasteiger partial charge in [0.1, 0.15) is 0 Å². The number of fused-ring (bicyclic) bond motifs is 5. The Morgan fingerprint density at radius 3 is 2.53 bits per heavy atom. The van der Waals surface area contributed by atoms with Gasteiger partial charge in [0, 0.05) is 43.7 Å². The molecule has 1 aliphatic heterocycles. The van der Waals surface area contributed by atoms with Crippen LogP contribution in [0, 0.1) is 30.6 Å². The highest BCUT2D eigenvalue weighted by atomic mass is 127. The van der Waals surface area contributed by atoms with Gasteiger partial charge in [-0.2, -0.15) is 0 Å². The van der Waals surface area contributed by atoms with Gasteiger partial charge in [0.2, 0.25) is 11.8 Å². The zero-order valence-electron chi connectivity index (χ0n) is 17.5. The summed E-state index contributed by atoms with van der Waals surface area (Å²) in [7, 11) is 0. The van der Waals surface area contributed by atoms with E-state index < -0.39 is 0 Å². The fourth-order valence-corrected chi connectivity index (χ4v) is 5.57. The summed E-state index contributed by atoms with van der Waals surface area (Å²) in [6, 6.07) is 0. The molecule has 1 saturated heterocycles. The van der Waals surface area contributed by atoms with Crippen LogP contribution in [0.1, 0.15) is 30.5 Å². The second-order valence-electron chi connectivity index (χ2n) is 8.00. The molecule has 4 atom stereocenters. The minimum atomic E-state index is -0.117. The molecule has 2 N–H and O–H groups in total. The van der Waals surface area contributed by atoms with Crippen molar-refractivity contribution < 1.29 is 9.59 Å². The van der Waals surface area contributed by atoms with Crippen LogP contribution in [0.2, 0.25) is 0 Å². The number of allylic oxidation sites excluding steroid dienone is 2. The second-order valence-corrected chi connectivity index (χ2v) is 8.94. The number of likely N-dealkylation sites (tertiary alicyclic amines) is 1. The monoisotopic (exact) mass is 543 g/mol. The number of thiazole rings is 1. The number of nitrogens with one attached hydrogen (secondary N) is 2. The molecule has 7 nitrogen and oxygen atoms in total. The third-order valence-electron chi connectivity index (χ3n) is 6.02. The van der Waals surface area contributed by atoms with Gasteiger partial charge in [-0.05, 0) is 38.5 Å². The summed E-state index contributed by atoms with van der Waals surface area (Å²) in [5.41, 5.74) is 1.07. The maximum Gasteiger partial charge on any atom is 0.233 e. The molecular formula is C21H30IN5O2S. The lowest BCUT2D eigenvalue weighted by Crippen LogP contribution is -2.43. The quantitative estimate of drug-likeness (QED) is 0.131. The summed E-state index contributed by atoms with van der Waals surface area (Å²) in [5.74, 6) is 1.05. The van der Waals surface area contributed by atoms with Gasteiger partial charge >= 0.3 is 0 Å². The third-order valence-corrected chi connectivity index (χ3v) is 7.05. The molecule has 1 aromatic heterocycles. The number of hydrogen-bond acceptors (Lipinski definition) is 5. The van der Waals surface area contributed by atoms with Gasteiger partial charge in [0.25, 0.3) is 0 Å². The van der Waals surface area contributed by atoms with Gasteiger partial charge in [-0.1, -0.05) is 12.2 Å². The Morgan fingerprint density at radius 2 is 1.93 bits per heavy atom. The lowest BCUT2D eigenvalue weighted by Gasteiger charge is -2.18. The van der Waals surface area contributed by atoms with Crippen LogP contribution in [0.5, 0.6) is 0 Å². The number of rotatable bonds is 8. The summed E-state index contributed by atoms with van der Waals surface area (Å²) in [6.45, 7) is 6.40. The Balaban J connectivity index is 0.00000256. The van der Waals surface area contributed by atoms with E-state index >= 15 is 0 Å². The molecule has 30 heavy (non-hydrogen) atoms. The smallest absolute Gasteiger partial charge is 0.233 e. The van der Waals surface area contributed by atoms with Crippen molar-refractivity contribution in [1.82, 2.24) is 20.5 Å². The van der Waals surface area contributed by atoms with E-state index in [1.54, 1.807) is 11.3 Å². The first-order chi connectivity index (χ1) is 14.1. The molecule has 0 aromatic carbocycles. The van der Waals surface area contributed by atoms with Gasteiger partial charge in [-0.3, -0.25) is 19.5 Å². The molecule has 2 aliphatic carbocycles. The van der Waals surface area contributed by atoms with Crippen LogP contribution in [-0.4, -0.2) is 53.8 Å². The van der Waals surface area contributed by atoms with E-state index in [0.29, 0.717) is 19.6 Å². The number of hydrogen-bond donors (Lipinski definition) is 2. The van der Waals surface area contributed by atoms with Crippen LogP contribution in [0.25, 0.3) is 0 Å². The predicted molar refractivity (Wildman–Crippen MR) is 129 cm³/mol. The zero-order chi connectivity index (χ0) is 20.4. The van der Waals surface area contributed by atoms with Crippen LogP contribution in [0.3, 0.4) is 0 Å². The van der Waals surface area contributed by atoms with E-state index in [-0.39, 0.29) is 59.5 Å². The van der Waals surface area contributed by atoms with Gasteiger partial charge in [0.15, 0.2) is 5.96 Å². The van der Waals surface area contributed by atoms with Crippen LogP contribution in [-0.2, 0) is 16.0 Å². The molecular weight excluding hydrogens is 513 g/mol. The molecule has 9 heteroatoms. The predicted octanol–water partition coefficient (Wildman–Crippen LogP) is 2.36. The SMILES string of the molecule is CCNC(=NCCCc1nc(C)cs1)NCCN1C(=O)C2C3C=CC(C3)C2C1=O.I. The molecule has 4 unspecified atom stereocenters. The molecule has 0 radical (unpaired) electrons. The molecule has 2 amide bonds. The van der Waals surface area contributed by atoms with E-state index in [0.717, 1.165) is 42.5 Å². The van der Waals surface area contributed by atoms with Gasteiger partial charge < -0.3 is 10.6 Å². The molecule has 164 valence electrons. The topological polar surface area (TPSA) is 86.7 Å². The fourth-order valence-electron chi connectivity index (χ4n) is 4.75. The van der Waals surface area contributed by atoms with Crippen LogP contribution in [0.15, 0.2) is 22.5 Å². The number of imide groups is 1. The van der Waals surface area contributed by atoms with E-state index in [9.17, 15) is 9.59 Å². The van der Waals surface area contributed by atoms with Crippen molar-refractivity contribution >= 4 is 53.1 Å². The number of guanidine groups is 1. The summed E-state index contributed by atoms with van der Waals surface area (Å²) >= 11 is 1.69. The third kappa shape index (κ3) is 4.71. The van der Waals surface area contributed by atoms with Crippen molar-refractivity contribution in [1.29, 1.82) is 0 Å². The van der Waals surface area contributed by atoms with Crippen LogP contribution in [0.4, 0.5) is 0 Å². The zero-order valence-corrected chi connectivity index (χ0v) is 20.6. The highest BCUT2D eigenvalue weighted by molar-refractivity contribution is 14.0. The van der Waals surface area contributed by atoms with Crippen molar-refractivity contribution in [3.8, 4) is 0 Å². The summed E-state index contributed by atoms with van der Waals surface area (Å²) < 4.78 is 0. The van der Waals surface area contributed by atoms with Crippen LogP contribution >= 0.6 is 35.3 Å². The minimum absolute atomic E-state index is 0. The molecule has 0 spiro atoms. The standard InChI is InChI=1S/C21H29N5O2S.HI/c1-3-22-21(23-8-4-5-16-25-13(2)12-29-16)24-9-10-26-19(27)17-14-6-7-15(11-14)18(17)20(26)28;/h6-7,12,14-15,17-18H,3-5,8-11H2,1-2H3,(H2,22,23,24);1H. The van der Waals surface area contributed by atoms with Gasteiger partial charge in [0.05, 0.1) is 16.8 Å². The average Bonchev–Trinajstić information content (AvgIpc) is 3.46. The minimum Gasteiger partial charge on any atom is -0.357 e. The largest absolute Gasteiger partial charge is 0.357 e. The van der Waals surface area contributed by atoms with Crippen molar-refractivity contribution in [2.45, 2.75) is 33.1 Å². The fraction of sp³-hybridized carbons (Fsp3) is 0.619. The maximum absolute atomic E-state index is 12.7. The van der Waals surface area contributed by atoms with E-state index in [4.69, 9.17) is 0 Å². The van der Waals surface area contributed by atoms with Crippen molar-refractivity contribution in [2.75, 3.05) is 26.2 Å². The first-order valence-corrected chi connectivity index (χ1v) is 11.4. The number of carbonyl (C=O) groups is 2. The highest BCUT2D eigenvalue weighted by Gasteiger charge is 2.58. The number of nitrogens with zero attached hydrogens (tertiary/aromatic N) is 3. The lowest BCUT2D eigenvalue weighted by atomic mass is 9.85. The van der Waals surface area contributed by atoms with E-state index in [2.05, 4.69) is 38.1 Å². The van der Waals surface area contributed by atoms with Crippen molar-refractivity contribution in [3.05, 3.63) is 28.2 Å².